The zero-order valence-electron chi connectivity index (χ0n) is 11.5. The molecule has 0 heterocycles. The van der Waals surface area contributed by atoms with Crippen LogP contribution in [0.15, 0.2) is 0 Å². The van der Waals surface area contributed by atoms with Crippen molar-refractivity contribution in [3.05, 3.63) is 0 Å². The second-order valence-electron chi connectivity index (χ2n) is 4.34. The van der Waals surface area contributed by atoms with Crippen LogP contribution in [0.3, 0.4) is 0 Å². The van der Waals surface area contributed by atoms with E-state index in [-0.39, 0.29) is 11.9 Å². The predicted octanol–water partition coefficient (Wildman–Crippen LogP) is -0.667. The summed E-state index contributed by atoms with van der Waals surface area (Å²) >= 11 is 0. The lowest BCUT2D eigenvalue weighted by Gasteiger charge is -2.19. The summed E-state index contributed by atoms with van der Waals surface area (Å²) in [7, 11) is 1.42. The molecule has 0 aromatic rings. The van der Waals surface area contributed by atoms with E-state index in [9.17, 15) is 14.4 Å². The van der Waals surface area contributed by atoms with Crippen LogP contribution in [0.2, 0.25) is 0 Å². The molecule has 0 rings (SSSR count). The Morgan fingerprint density at radius 3 is 1.83 bits per heavy atom. The van der Waals surface area contributed by atoms with Crippen molar-refractivity contribution in [1.29, 1.82) is 0 Å². The van der Waals surface area contributed by atoms with Crippen LogP contribution in [0.4, 0.5) is 4.79 Å². The van der Waals surface area contributed by atoms with Crippen LogP contribution in [-0.2, 0) is 9.59 Å². The number of urea groups is 1. The van der Waals surface area contributed by atoms with Gasteiger partial charge in [0.1, 0.15) is 0 Å². The number of imide groups is 1. The minimum absolute atomic E-state index is 0.0387. The van der Waals surface area contributed by atoms with Gasteiger partial charge in [0.05, 0.1) is 12.1 Å². The molecule has 0 saturated carbocycles. The van der Waals surface area contributed by atoms with E-state index in [1.165, 1.54) is 7.05 Å². The van der Waals surface area contributed by atoms with E-state index in [1.54, 1.807) is 13.8 Å². The molecule has 2 unspecified atom stereocenters. The first-order chi connectivity index (χ1) is 8.27. The van der Waals surface area contributed by atoms with E-state index in [4.69, 9.17) is 0 Å². The fourth-order valence-electron chi connectivity index (χ4n) is 1.22. The summed E-state index contributed by atoms with van der Waals surface area (Å²) in [6.07, 6.45) is 0. The Morgan fingerprint density at radius 1 is 0.889 bits per heavy atom. The number of carbonyl (C=O) groups excluding carboxylic acids is 3. The molecular weight excluding hydrogens is 236 g/mol. The third kappa shape index (κ3) is 6.19. The van der Waals surface area contributed by atoms with Gasteiger partial charge in [-0.05, 0) is 27.7 Å². The molecule has 0 fully saturated rings. The smallest absolute Gasteiger partial charge is 0.321 e. The quantitative estimate of drug-likeness (QED) is 0.525. The normalized spacial score (nSPS) is 13.7. The molecule has 2 atom stereocenters. The highest BCUT2D eigenvalue weighted by atomic mass is 16.2. The van der Waals surface area contributed by atoms with Crippen LogP contribution in [0.25, 0.3) is 0 Å². The van der Waals surface area contributed by atoms with Gasteiger partial charge in [0.15, 0.2) is 0 Å². The van der Waals surface area contributed by atoms with Crippen LogP contribution in [0, 0.1) is 0 Å². The maximum atomic E-state index is 11.6. The van der Waals surface area contributed by atoms with Gasteiger partial charge in [-0.1, -0.05) is 0 Å². The predicted molar refractivity (Wildman–Crippen MR) is 67.9 cm³/mol. The Labute approximate surface area is 107 Å². The highest BCUT2D eigenvalue weighted by molar-refractivity contribution is 5.97. The fraction of sp³-hybridized carbons (Fsp3) is 0.727. The van der Waals surface area contributed by atoms with Gasteiger partial charge in [-0.25, -0.2) is 4.79 Å². The summed E-state index contributed by atoms with van der Waals surface area (Å²) < 4.78 is 0. The Balaban J connectivity index is 4.21. The molecule has 0 aromatic heterocycles. The van der Waals surface area contributed by atoms with Gasteiger partial charge in [-0.15, -0.1) is 0 Å². The van der Waals surface area contributed by atoms with Gasteiger partial charge in [0, 0.05) is 13.1 Å². The minimum Gasteiger partial charge on any atom is -0.353 e. The lowest BCUT2D eigenvalue weighted by Crippen LogP contribution is -2.53. The Morgan fingerprint density at radius 2 is 1.39 bits per heavy atom. The first kappa shape index (κ1) is 16.4. The highest BCUT2D eigenvalue weighted by Gasteiger charge is 2.21. The van der Waals surface area contributed by atoms with Gasteiger partial charge in [0.25, 0.3) is 0 Å². The number of amides is 4. The average Bonchev–Trinajstić information content (AvgIpc) is 2.27. The molecule has 4 N–H and O–H groups in total. The number of carbonyl (C=O) groups is 3. The molecule has 7 heteroatoms. The van der Waals surface area contributed by atoms with Crippen molar-refractivity contribution in [2.24, 2.45) is 0 Å². The molecule has 4 amide bonds. The van der Waals surface area contributed by atoms with Gasteiger partial charge < -0.3 is 10.6 Å². The van der Waals surface area contributed by atoms with Crippen LogP contribution in [0.5, 0.6) is 0 Å². The summed E-state index contributed by atoms with van der Waals surface area (Å²) in [5.74, 6) is -0.678. The molecule has 0 aromatic carbocycles. The third-order valence-electron chi connectivity index (χ3n) is 2.18. The second kappa shape index (κ2) is 7.65. The molecule has 0 aliphatic carbocycles. The van der Waals surface area contributed by atoms with Crippen molar-refractivity contribution in [2.45, 2.75) is 45.8 Å². The molecule has 0 saturated heterocycles. The zero-order valence-corrected chi connectivity index (χ0v) is 11.5. The van der Waals surface area contributed by atoms with Crippen molar-refractivity contribution in [3.8, 4) is 0 Å². The summed E-state index contributed by atoms with van der Waals surface area (Å²) in [5, 5.41) is 9.94. The topological polar surface area (TPSA) is 99.3 Å². The van der Waals surface area contributed by atoms with Crippen molar-refractivity contribution in [2.75, 3.05) is 7.05 Å². The second-order valence-corrected chi connectivity index (χ2v) is 4.34. The number of hydrogen-bond acceptors (Lipinski definition) is 4. The van der Waals surface area contributed by atoms with E-state index in [0.29, 0.717) is 0 Å². The fourth-order valence-corrected chi connectivity index (χ4v) is 1.22. The largest absolute Gasteiger partial charge is 0.353 e. The number of rotatable bonds is 5. The van der Waals surface area contributed by atoms with Crippen LogP contribution >= 0.6 is 0 Å². The van der Waals surface area contributed by atoms with Gasteiger partial charge in [-0.2, -0.15) is 0 Å². The van der Waals surface area contributed by atoms with Crippen molar-refractivity contribution >= 4 is 17.8 Å². The molecule has 104 valence electrons. The maximum Gasteiger partial charge on any atom is 0.321 e. The maximum absolute atomic E-state index is 11.6. The lowest BCUT2D eigenvalue weighted by molar-refractivity contribution is -0.124. The Bertz CT molecular complexity index is 317. The Kier molecular flexibility index (Phi) is 6.96. The Hall–Kier alpha value is -1.63. The molecule has 18 heavy (non-hydrogen) atoms. The molecule has 7 nitrogen and oxygen atoms in total. The van der Waals surface area contributed by atoms with E-state index in [1.807, 2.05) is 13.8 Å². The minimum atomic E-state index is -0.643. The van der Waals surface area contributed by atoms with Crippen molar-refractivity contribution in [3.63, 3.8) is 0 Å². The van der Waals surface area contributed by atoms with E-state index in [0.717, 1.165) is 0 Å². The SMILES string of the molecule is CNC(=O)NC(=O)C(C)NC(C)C(=O)NC(C)C. The van der Waals surface area contributed by atoms with Gasteiger partial charge in [-0.3, -0.25) is 20.2 Å². The summed E-state index contributed by atoms with van der Waals surface area (Å²) in [6, 6.07) is -1.70. The van der Waals surface area contributed by atoms with Crippen LogP contribution in [-0.4, -0.2) is 43.0 Å². The molecule has 0 aliphatic rings. The van der Waals surface area contributed by atoms with Gasteiger partial charge >= 0.3 is 6.03 Å². The highest BCUT2D eigenvalue weighted by Crippen LogP contribution is 1.90. The number of nitrogens with one attached hydrogen (secondary N) is 4. The third-order valence-corrected chi connectivity index (χ3v) is 2.18. The van der Waals surface area contributed by atoms with Gasteiger partial charge in [0.2, 0.25) is 11.8 Å². The molecule has 0 spiro atoms. The molecular formula is C11H22N4O3. The van der Waals surface area contributed by atoms with E-state index < -0.39 is 24.0 Å². The summed E-state index contributed by atoms with van der Waals surface area (Å²) in [5.41, 5.74) is 0. The van der Waals surface area contributed by atoms with Crippen LogP contribution in [0.1, 0.15) is 27.7 Å². The summed E-state index contributed by atoms with van der Waals surface area (Å²) in [6.45, 7) is 6.94. The van der Waals surface area contributed by atoms with Crippen molar-refractivity contribution < 1.29 is 14.4 Å². The molecule has 0 bridgehead atoms. The first-order valence-corrected chi connectivity index (χ1v) is 5.87. The molecule has 0 aliphatic heterocycles. The monoisotopic (exact) mass is 258 g/mol. The molecule has 0 radical (unpaired) electrons. The van der Waals surface area contributed by atoms with E-state index >= 15 is 0 Å². The van der Waals surface area contributed by atoms with Crippen LogP contribution < -0.4 is 21.3 Å². The lowest BCUT2D eigenvalue weighted by atomic mass is 10.2. The standard InChI is InChI=1S/C11H22N4O3/c1-6(2)13-9(16)7(3)14-8(4)10(17)15-11(18)12-5/h6-8,14H,1-5H3,(H,13,16)(H2,12,15,17,18). The summed E-state index contributed by atoms with van der Waals surface area (Å²) in [4.78, 5) is 34.1. The average molecular weight is 258 g/mol. The van der Waals surface area contributed by atoms with Crippen molar-refractivity contribution in [1.82, 2.24) is 21.3 Å². The first-order valence-electron chi connectivity index (χ1n) is 5.87. The number of hydrogen-bond donors (Lipinski definition) is 4. The zero-order chi connectivity index (χ0) is 14.3. The van der Waals surface area contributed by atoms with E-state index in [2.05, 4.69) is 21.3 Å².